The summed E-state index contributed by atoms with van der Waals surface area (Å²) in [6.07, 6.45) is 1.73. The van der Waals surface area contributed by atoms with E-state index < -0.39 is 0 Å². The van der Waals surface area contributed by atoms with Crippen LogP contribution in [0.4, 0.5) is 0 Å². The molecule has 2 aliphatic heterocycles. The molecule has 7 heteroatoms. The van der Waals surface area contributed by atoms with Gasteiger partial charge in [-0.15, -0.1) is 0 Å². The molecule has 2 aliphatic rings. The fraction of sp³-hybridized carbons (Fsp3) is 0.316. The Balaban J connectivity index is 1.16. The van der Waals surface area contributed by atoms with Gasteiger partial charge in [0.05, 0.1) is 6.61 Å². The van der Waals surface area contributed by atoms with Crippen LogP contribution in [0, 0.1) is 0 Å². The number of ether oxygens (including phenoxy) is 6. The SMILES string of the molecule is O=C(CCCCOc1ccc2c(c1)OCO2)Oc1ccc2c(c1)OCO2. The summed E-state index contributed by atoms with van der Waals surface area (Å²) in [7, 11) is 0. The number of fused-ring (bicyclic) bond motifs is 2. The predicted octanol–water partition coefficient (Wildman–Crippen LogP) is 3.30. The van der Waals surface area contributed by atoms with Gasteiger partial charge < -0.3 is 28.4 Å². The molecule has 136 valence electrons. The van der Waals surface area contributed by atoms with Gasteiger partial charge in [-0.1, -0.05) is 0 Å². The van der Waals surface area contributed by atoms with E-state index >= 15 is 0 Å². The Labute approximate surface area is 150 Å². The second-order valence-corrected chi connectivity index (χ2v) is 5.81. The standard InChI is InChI=1S/C19H18O7/c20-19(26-14-5-7-16-18(10-14)25-12-23-16)3-1-2-8-21-13-4-6-15-17(9-13)24-11-22-15/h4-7,9-10H,1-3,8,11-12H2. The summed E-state index contributed by atoms with van der Waals surface area (Å²) >= 11 is 0. The maximum atomic E-state index is 11.9. The van der Waals surface area contributed by atoms with Crippen LogP contribution in [-0.4, -0.2) is 26.2 Å². The van der Waals surface area contributed by atoms with E-state index in [1.807, 2.05) is 12.1 Å². The Morgan fingerprint density at radius 3 is 2.15 bits per heavy atom. The van der Waals surface area contributed by atoms with Crippen LogP contribution < -0.4 is 28.4 Å². The third-order valence-electron chi connectivity index (χ3n) is 3.96. The summed E-state index contributed by atoms with van der Waals surface area (Å²) in [5.74, 6) is 3.55. The number of carbonyl (C=O) groups is 1. The van der Waals surface area contributed by atoms with Crippen molar-refractivity contribution in [2.24, 2.45) is 0 Å². The molecule has 0 saturated heterocycles. The van der Waals surface area contributed by atoms with Gasteiger partial charge in [-0.2, -0.15) is 0 Å². The lowest BCUT2D eigenvalue weighted by molar-refractivity contribution is -0.134. The molecular weight excluding hydrogens is 340 g/mol. The zero-order valence-electron chi connectivity index (χ0n) is 14.1. The zero-order valence-corrected chi connectivity index (χ0v) is 14.1. The maximum Gasteiger partial charge on any atom is 0.311 e. The Morgan fingerprint density at radius 2 is 1.42 bits per heavy atom. The first kappa shape index (κ1) is 16.4. The third-order valence-corrected chi connectivity index (χ3v) is 3.96. The summed E-state index contributed by atoms with van der Waals surface area (Å²) in [5.41, 5.74) is 0. The number of hydrogen-bond donors (Lipinski definition) is 0. The molecule has 7 nitrogen and oxygen atoms in total. The van der Waals surface area contributed by atoms with Gasteiger partial charge in [0, 0.05) is 18.6 Å². The normalized spacial score (nSPS) is 13.5. The second kappa shape index (κ2) is 7.43. The number of carbonyl (C=O) groups excluding carboxylic acids is 1. The molecule has 0 unspecified atom stereocenters. The first-order chi connectivity index (χ1) is 12.8. The minimum atomic E-state index is -0.285. The fourth-order valence-corrected chi connectivity index (χ4v) is 2.65. The molecule has 0 atom stereocenters. The lowest BCUT2D eigenvalue weighted by Crippen LogP contribution is -2.08. The van der Waals surface area contributed by atoms with Crippen LogP contribution in [0.3, 0.4) is 0 Å². The average molecular weight is 358 g/mol. The van der Waals surface area contributed by atoms with E-state index in [1.54, 1.807) is 24.3 Å². The number of rotatable bonds is 7. The van der Waals surface area contributed by atoms with Crippen molar-refractivity contribution in [1.82, 2.24) is 0 Å². The lowest BCUT2D eigenvalue weighted by atomic mass is 10.2. The molecule has 4 rings (SSSR count). The van der Waals surface area contributed by atoms with Gasteiger partial charge in [0.1, 0.15) is 11.5 Å². The molecule has 0 spiro atoms. The number of benzene rings is 2. The smallest absolute Gasteiger partial charge is 0.311 e. The minimum Gasteiger partial charge on any atom is -0.493 e. The zero-order chi connectivity index (χ0) is 17.8. The molecule has 0 N–H and O–H groups in total. The summed E-state index contributed by atoms with van der Waals surface area (Å²) in [6.45, 7) is 0.942. The van der Waals surface area contributed by atoms with Gasteiger partial charge in [-0.05, 0) is 37.1 Å². The van der Waals surface area contributed by atoms with Gasteiger partial charge in [-0.25, -0.2) is 0 Å². The van der Waals surface area contributed by atoms with Gasteiger partial charge in [-0.3, -0.25) is 4.79 Å². The largest absolute Gasteiger partial charge is 0.493 e. The summed E-state index contributed by atoms with van der Waals surface area (Å²) in [6, 6.07) is 10.5. The first-order valence-corrected chi connectivity index (χ1v) is 8.41. The van der Waals surface area contributed by atoms with Crippen LogP contribution in [0.1, 0.15) is 19.3 Å². The molecule has 0 aliphatic carbocycles. The van der Waals surface area contributed by atoms with Crippen molar-refractivity contribution in [1.29, 1.82) is 0 Å². The van der Waals surface area contributed by atoms with Crippen LogP contribution >= 0.6 is 0 Å². The highest BCUT2D eigenvalue weighted by atomic mass is 16.7. The molecule has 0 fully saturated rings. The van der Waals surface area contributed by atoms with Crippen molar-refractivity contribution in [2.45, 2.75) is 19.3 Å². The van der Waals surface area contributed by atoms with Crippen LogP contribution in [0.25, 0.3) is 0 Å². The summed E-state index contributed by atoms with van der Waals surface area (Å²) in [4.78, 5) is 11.9. The van der Waals surface area contributed by atoms with E-state index in [0.29, 0.717) is 42.4 Å². The molecule has 2 aromatic rings. The van der Waals surface area contributed by atoms with Gasteiger partial charge in [0.25, 0.3) is 0 Å². The van der Waals surface area contributed by atoms with Crippen LogP contribution in [-0.2, 0) is 4.79 Å². The molecule has 2 aromatic carbocycles. The van der Waals surface area contributed by atoms with Crippen LogP contribution in [0.5, 0.6) is 34.5 Å². The van der Waals surface area contributed by atoms with Crippen molar-refractivity contribution in [3.8, 4) is 34.5 Å². The summed E-state index contributed by atoms with van der Waals surface area (Å²) in [5, 5.41) is 0. The minimum absolute atomic E-state index is 0.191. The number of hydrogen-bond acceptors (Lipinski definition) is 7. The van der Waals surface area contributed by atoms with Gasteiger partial charge in [0.15, 0.2) is 23.0 Å². The van der Waals surface area contributed by atoms with E-state index in [9.17, 15) is 4.79 Å². The lowest BCUT2D eigenvalue weighted by Gasteiger charge is -2.07. The highest BCUT2D eigenvalue weighted by Gasteiger charge is 2.15. The van der Waals surface area contributed by atoms with Crippen molar-refractivity contribution in [3.63, 3.8) is 0 Å². The molecule has 0 amide bonds. The van der Waals surface area contributed by atoms with E-state index in [2.05, 4.69) is 0 Å². The van der Waals surface area contributed by atoms with Crippen molar-refractivity contribution in [2.75, 3.05) is 20.2 Å². The Hall–Kier alpha value is -3.09. The van der Waals surface area contributed by atoms with E-state index in [0.717, 1.165) is 17.9 Å². The monoisotopic (exact) mass is 358 g/mol. The Kier molecular flexibility index (Phi) is 4.68. The molecule has 2 heterocycles. The Morgan fingerprint density at radius 1 is 0.808 bits per heavy atom. The second-order valence-electron chi connectivity index (χ2n) is 5.81. The maximum absolute atomic E-state index is 11.9. The van der Waals surface area contributed by atoms with Crippen molar-refractivity contribution >= 4 is 5.97 Å². The van der Waals surface area contributed by atoms with E-state index in [-0.39, 0.29) is 19.6 Å². The van der Waals surface area contributed by atoms with Gasteiger partial charge >= 0.3 is 5.97 Å². The molecule has 0 saturated carbocycles. The highest BCUT2D eigenvalue weighted by molar-refractivity contribution is 5.72. The van der Waals surface area contributed by atoms with E-state index in [1.165, 1.54) is 0 Å². The molecule has 0 bridgehead atoms. The summed E-state index contributed by atoms with van der Waals surface area (Å²) < 4.78 is 32.0. The van der Waals surface area contributed by atoms with Crippen molar-refractivity contribution in [3.05, 3.63) is 36.4 Å². The van der Waals surface area contributed by atoms with Crippen LogP contribution in [0.15, 0.2) is 36.4 Å². The fourth-order valence-electron chi connectivity index (χ4n) is 2.65. The molecule has 0 aromatic heterocycles. The molecule has 26 heavy (non-hydrogen) atoms. The number of esters is 1. The third kappa shape index (κ3) is 3.77. The quantitative estimate of drug-likeness (QED) is 0.427. The molecular formula is C19H18O7. The highest BCUT2D eigenvalue weighted by Crippen LogP contribution is 2.36. The van der Waals surface area contributed by atoms with Crippen molar-refractivity contribution < 1.29 is 33.2 Å². The van der Waals surface area contributed by atoms with Crippen LogP contribution in [0.2, 0.25) is 0 Å². The average Bonchev–Trinajstić information content (AvgIpc) is 3.29. The topological polar surface area (TPSA) is 72.5 Å². The van der Waals surface area contributed by atoms with Gasteiger partial charge in [0.2, 0.25) is 13.6 Å². The predicted molar refractivity (Wildman–Crippen MR) is 90.1 cm³/mol. The first-order valence-electron chi connectivity index (χ1n) is 8.41. The molecule has 0 radical (unpaired) electrons. The van der Waals surface area contributed by atoms with E-state index in [4.69, 9.17) is 28.4 Å². The Bertz CT molecular complexity index is 802. The number of unbranched alkanes of at least 4 members (excludes halogenated alkanes) is 1.